The largest absolute Gasteiger partial charge is 0.368 e. The molecule has 1 aliphatic heterocycles. The molecular weight excluding hydrogens is 248 g/mol. The van der Waals surface area contributed by atoms with Crippen LogP contribution in [-0.2, 0) is 4.74 Å². The van der Waals surface area contributed by atoms with Gasteiger partial charge in [-0.25, -0.2) is 0 Å². The highest BCUT2D eigenvalue weighted by molar-refractivity contribution is 5.13. The molecule has 1 rings (SSSR count). The van der Waals surface area contributed by atoms with Crippen LogP contribution in [0.15, 0.2) is 0 Å². The van der Waals surface area contributed by atoms with Crippen LogP contribution in [0.1, 0.15) is 74.1 Å². The Labute approximate surface area is 126 Å². The zero-order valence-electron chi connectivity index (χ0n) is 14.8. The molecule has 0 spiro atoms. The molecular formula is C17H36N2O. The number of nitrogens with two attached hydrogens (primary N) is 1. The lowest BCUT2D eigenvalue weighted by Crippen LogP contribution is -2.65. The van der Waals surface area contributed by atoms with Gasteiger partial charge in [0.2, 0.25) is 0 Å². The van der Waals surface area contributed by atoms with Gasteiger partial charge in [0.25, 0.3) is 0 Å². The second-order valence-corrected chi connectivity index (χ2v) is 7.78. The molecule has 0 aromatic carbocycles. The predicted octanol–water partition coefficient (Wildman–Crippen LogP) is 3.56. The molecule has 0 saturated carbocycles. The van der Waals surface area contributed by atoms with E-state index in [2.05, 4.69) is 53.4 Å². The van der Waals surface area contributed by atoms with Crippen molar-refractivity contribution in [3.8, 4) is 0 Å². The summed E-state index contributed by atoms with van der Waals surface area (Å²) in [6, 6.07) is 0.493. The minimum absolute atomic E-state index is 0.0571. The molecule has 1 aliphatic rings. The second-order valence-electron chi connectivity index (χ2n) is 7.78. The minimum atomic E-state index is -0.207. The Balaban J connectivity index is 3.05. The monoisotopic (exact) mass is 284 g/mol. The molecule has 3 heteroatoms. The number of rotatable bonds is 7. The average Bonchev–Trinajstić information content (AvgIpc) is 2.49. The number of unbranched alkanes of at least 4 members (excludes halogenated alkanes) is 2. The summed E-state index contributed by atoms with van der Waals surface area (Å²) in [6.45, 7) is 17.4. The summed E-state index contributed by atoms with van der Waals surface area (Å²) in [5.41, 5.74) is 5.93. The summed E-state index contributed by atoms with van der Waals surface area (Å²) in [4.78, 5) is 2.61. The third-order valence-electron chi connectivity index (χ3n) is 4.88. The first-order valence-electron chi connectivity index (χ1n) is 8.29. The summed E-state index contributed by atoms with van der Waals surface area (Å²) in [5.74, 6) is 0. The van der Waals surface area contributed by atoms with Crippen LogP contribution in [0, 0.1) is 0 Å². The van der Waals surface area contributed by atoms with Gasteiger partial charge in [-0.3, -0.25) is 4.90 Å². The summed E-state index contributed by atoms with van der Waals surface area (Å²) < 4.78 is 6.36. The van der Waals surface area contributed by atoms with Crippen molar-refractivity contribution in [3.05, 3.63) is 0 Å². The van der Waals surface area contributed by atoms with Crippen LogP contribution < -0.4 is 5.73 Å². The van der Waals surface area contributed by atoms with Crippen LogP contribution >= 0.6 is 0 Å². The Morgan fingerprint density at radius 1 is 1.15 bits per heavy atom. The first-order valence-corrected chi connectivity index (χ1v) is 8.29. The van der Waals surface area contributed by atoms with Gasteiger partial charge in [0.1, 0.15) is 0 Å². The smallest absolute Gasteiger partial charge is 0.0830 e. The van der Waals surface area contributed by atoms with Crippen molar-refractivity contribution in [1.29, 1.82) is 0 Å². The zero-order chi connectivity index (χ0) is 15.6. The molecule has 0 aromatic rings. The number of hydrogen-bond acceptors (Lipinski definition) is 3. The van der Waals surface area contributed by atoms with Crippen LogP contribution in [0.4, 0.5) is 0 Å². The normalized spacial score (nSPS) is 28.5. The topological polar surface area (TPSA) is 38.5 Å². The molecule has 120 valence electrons. The van der Waals surface area contributed by atoms with Crippen molar-refractivity contribution in [2.45, 2.75) is 96.9 Å². The van der Waals surface area contributed by atoms with E-state index in [-0.39, 0.29) is 16.7 Å². The third kappa shape index (κ3) is 3.37. The second kappa shape index (κ2) is 6.33. The van der Waals surface area contributed by atoms with Crippen molar-refractivity contribution in [2.75, 3.05) is 13.1 Å². The van der Waals surface area contributed by atoms with Crippen LogP contribution in [0.2, 0.25) is 0 Å². The number of ether oxygens (including phenoxy) is 1. The summed E-state index contributed by atoms with van der Waals surface area (Å²) in [6.07, 6.45) is 4.79. The predicted molar refractivity (Wildman–Crippen MR) is 87.0 cm³/mol. The van der Waals surface area contributed by atoms with Gasteiger partial charge >= 0.3 is 0 Å². The summed E-state index contributed by atoms with van der Waals surface area (Å²) in [5, 5.41) is 0. The van der Waals surface area contributed by atoms with E-state index in [4.69, 9.17) is 10.5 Å². The van der Waals surface area contributed by atoms with E-state index in [9.17, 15) is 0 Å². The van der Waals surface area contributed by atoms with E-state index in [1.807, 2.05) is 0 Å². The van der Waals surface area contributed by atoms with Crippen LogP contribution in [-0.4, -0.2) is 40.8 Å². The molecule has 1 saturated heterocycles. The highest BCUT2D eigenvalue weighted by Crippen LogP contribution is 2.48. The van der Waals surface area contributed by atoms with Crippen LogP contribution in [0.3, 0.4) is 0 Å². The quantitative estimate of drug-likeness (QED) is 0.726. The van der Waals surface area contributed by atoms with E-state index in [0.717, 1.165) is 13.0 Å². The van der Waals surface area contributed by atoms with E-state index in [1.165, 1.54) is 19.3 Å². The Morgan fingerprint density at radius 3 is 2.10 bits per heavy atom. The van der Waals surface area contributed by atoms with Gasteiger partial charge in [0, 0.05) is 12.6 Å². The zero-order valence-corrected chi connectivity index (χ0v) is 14.8. The molecule has 1 fully saturated rings. The van der Waals surface area contributed by atoms with Gasteiger partial charge in [-0.05, 0) is 60.9 Å². The van der Waals surface area contributed by atoms with Gasteiger partial charge in [-0.15, -0.1) is 0 Å². The Hall–Kier alpha value is -0.120. The highest BCUT2D eigenvalue weighted by Gasteiger charge is 2.59. The maximum atomic E-state index is 6.36. The lowest BCUT2D eigenvalue weighted by Gasteiger charge is -2.50. The molecule has 1 unspecified atom stereocenters. The Kier molecular flexibility index (Phi) is 5.67. The molecule has 1 heterocycles. The lowest BCUT2D eigenvalue weighted by atomic mass is 9.76. The molecule has 20 heavy (non-hydrogen) atoms. The van der Waals surface area contributed by atoms with E-state index in [0.29, 0.717) is 12.6 Å². The number of hydrogen-bond donors (Lipinski definition) is 1. The van der Waals surface area contributed by atoms with Crippen LogP contribution in [0.25, 0.3) is 0 Å². The Bertz CT molecular complexity index is 312. The van der Waals surface area contributed by atoms with Crippen LogP contribution in [0.5, 0.6) is 0 Å². The highest BCUT2D eigenvalue weighted by atomic mass is 16.5. The summed E-state index contributed by atoms with van der Waals surface area (Å²) in [7, 11) is 0. The van der Waals surface area contributed by atoms with Crippen molar-refractivity contribution in [2.24, 2.45) is 5.73 Å². The molecule has 0 amide bonds. The van der Waals surface area contributed by atoms with Gasteiger partial charge in [0.05, 0.1) is 16.7 Å². The molecule has 3 nitrogen and oxygen atoms in total. The molecule has 0 bridgehead atoms. The summed E-state index contributed by atoms with van der Waals surface area (Å²) >= 11 is 0. The van der Waals surface area contributed by atoms with Gasteiger partial charge < -0.3 is 10.5 Å². The van der Waals surface area contributed by atoms with Crippen molar-refractivity contribution in [1.82, 2.24) is 4.90 Å². The van der Waals surface area contributed by atoms with Gasteiger partial charge in [0.15, 0.2) is 0 Å². The average molecular weight is 284 g/mol. The van der Waals surface area contributed by atoms with E-state index < -0.39 is 0 Å². The maximum absolute atomic E-state index is 6.36. The number of nitrogens with zero attached hydrogens (tertiary/aromatic N) is 1. The van der Waals surface area contributed by atoms with Crippen molar-refractivity contribution in [3.63, 3.8) is 0 Å². The van der Waals surface area contributed by atoms with Crippen molar-refractivity contribution < 1.29 is 4.74 Å². The molecule has 1 atom stereocenters. The minimum Gasteiger partial charge on any atom is -0.368 e. The fraction of sp³-hybridized carbons (Fsp3) is 1.00. The standard InChI is InChI=1S/C17H36N2O/c1-8-9-10-11-19(14(2)3)17(13-18)12-15(4,5)20-16(17,6)7/h14H,8-13,18H2,1-7H3. The van der Waals surface area contributed by atoms with E-state index >= 15 is 0 Å². The first-order chi connectivity index (χ1) is 9.12. The third-order valence-corrected chi connectivity index (χ3v) is 4.88. The fourth-order valence-corrected chi connectivity index (χ4v) is 4.12. The maximum Gasteiger partial charge on any atom is 0.0830 e. The molecule has 2 N–H and O–H groups in total. The fourth-order valence-electron chi connectivity index (χ4n) is 4.12. The molecule has 0 aromatic heterocycles. The van der Waals surface area contributed by atoms with Gasteiger partial charge in [-0.1, -0.05) is 19.8 Å². The van der Waals surface area contributed by atoms with Crippen molar-refractivity contribution >= 4 is 0 Å². The van der Waals surface area contributed by atoms with E-state index in [1.54, 1.807) is 0 Å². The molecule has 0 aliphatic carbocycles. The molecule has 0 radical (unpaired) electrons. The SMILES string of the molecule is CCCCCN(C(C)C)C1(CN)CC(C)(C)OC1(C)C. The lowest BCUT2D eigenvalue weighted by molar-refractivity contribution is -0.109. The van der Waals surface area contributed by atoms with Gasteiger partial charge in [-0.2, -0.15) is 0 Å². The Morgan fingerprint density at radius 2 is 1.75 bits per heavy atom. The first kappa shape index (κ1) is 17.9.